The van der Waals surface area contributed by atoms with Crippen molar-refractivity contribution in [2.75, 3.05) is 0 Å². The number of alkyl halides is 3. The summed E-state index contributed by atoms with van der Waals surface area (Å²) in [6.45, 7) is 3.18. The Balaban J connectivity index is 3.19. The third kappa shape index (κ3) is 1.75. The molecule has 0 aliphatic heterocycles. The van der Waals surface area contributed by atoms with Crippen molar-refractivity contribution >= 4 is 0 Å². The summed E-state index contributed by atoms with van der Waals surface area (Å²) in [4.78, 5) is 2.22. The Morgan fingerprint density at radius 1 is 1.25 bits per heavy atom. The van der Waals surface area contributed by atoms with E-state index in [1.807, 2.05) is 0 Å². The molecule has 0 unspecified atom stereocenters. The second-order valence-corrected chi connectivity index (χ2v) is 2.73. The highest BCUT2D eigenvalue weighted by Gasteiger charge is 2.39. The Kier molecular flexibility index (Phi) is 2.08. The van der Waals surface area contributed by atoms with Gasteiger partial charge in [-0.1, -0.05) is 0 Å². The first-order valence-electron chi connectivity index (χ1n) is 3.47. The van der Waals surface area contributed by atoms with E-state index in [4.69, 9.17) is 0 Å². The fourth-order valence-electron chi connectivity index (χ4n) is 1.06. The summed E-state index contributed by atoms with van der Waals surface area (Å²) in [5.74, 6) is 0. The van der Waals surface area contributed by atoms with Crippen LogP contribution in [0.4, 0.5) is 13.2 Å². The Morgan fingerprint density at radius 3 is 2.25 bits per heavy atom. The first kappa shape index (κ1) is 9.03. The van der Waals surface area contributed by atoms with Crippen LogP contribution in [0.25, 0.3) is 0 Å². The minimum atomic E-state index is -4.28. The largest absolute Gasteiger partial charge is 0.477 e. The van der Waals surface area contributed by atoms with E-state index in [2.05, 4.69) is 4.98 Å². The van der Waals surface area contributed by atoms with Crippen molar-refractivity contribution in [3.63, 3.8) is 0 Å². The molecule has 0 aliphatic carbocycles. The molecule has 0 atom stereocenters. The molecule has 4 heteroatoms. The number of aromatic nitrogens is 1. The SMILES string of the molecule is Cc1c[nH+]c(C(F)(F)F)c(C)c1. The molecular formula is C8H9F3N+. The van der Waals surface area contributed by atoms with Gasteiger partial charge in [0.15, 0.2) is 6.20 Å². The van der Waals surface area contributed by atoms with Crippen molar-refractivity contribution in [3.05, 3.63) is 29.1 Å². The first-order chi connectivity index (χ1) is 5.41. The number of H-pyrrole nitrogens is 1. The van der Waals surface area contributed by atoms with E-state index in [1.54, 1.807) is 6.92 Å². The monoisotopic (exact) mass is 176 g/mol. The van der Waals surface area contributed by atoms with E-state index in [9.17, 15) is 13.2 Å². The van der Waals surface area contributed by atoms with Crippen molar-refractivity contribution in [2.45, 2.75) is 20.0 Å². The van der Waals surface area contributed by atoms with Gasteiger partial charge in [0.05, 0.1) is 0 Å². The van der Waals surface area contributed by atoms with Gasteiger partial charge in [0.25, 0.3) is 5.69 Å². The van der Waals surface area contributed by atoms with Crippen LogP contribution in [0.2, 0.25) is 0 Å². The average Bonchev–Trinajstić information content (AvgIpc) is 1.83. The summed E-state index contributed by atoms with van der Waals surface area (Å²) in [5, 5.41) is 0. The third-order valence-electron chi connectivity index (χ3n) is 1.57. The number of halogens is 3. The zero-order valence-corrected chi connectivity index (χ0v) is 6.79. The maximum atomic E-state index is 12.1. The van der Waals surface area contributed by atoms with Crippen LogP contribution in [-0.4, -0.2) is 0 Å². The van der Waals surface area contributed by atoms with Crippen LogP contribution in [0.15, 0.2) is 12.3 Å². The Morgan fingerprint density at radius 2 is 1.83 bits per heavy atom. The number of rotatable bonds is 0. The number of aryl methyl sites for hydroxylation is 2. The van der Waals surface area contributed by atoms with Crippen LogP contribution in [0.1, 0.15) is 16.8 Å². The Hall–Kier alpha value is -1.06. The van der Waals surface area contributed by atoms with Gasteiger partial charge in [-0.3, -0.25) is 0 Å². The van der Waals surface area contributed by atoms with Gasteiger partial charge in [0.2, 0.25) is 0 Å². The molecule has 0 saturated carbocycles. The van der Waals surface area contributed by atoms with Crippen molar-refractivity contribution in [1.82, 2.24) is 0 Å². The van der Waals surface area contributed by atoms with Gasteiger partial charge >= 0.3 is 6.18 Å². The highest BCUT2D eigenvalue weighted by molar-refractivity contribution is 5.20. The van der Waals surface area contributed by atoms with Gasteiger partial charge in [0, 0.05) is 11.1 Å². The molecule has 0 saturated heterocycles. The van der Waals surface area contributed by atoms with Crippen LogP contribution in [-0.2, 0) is 6.18 Å². The predicted molar refractivity (Wildman–Crippen MR) is 37.5 cm³/mol. The quantitative estimate of drug-likeness (QED) is 0.575. The average molecular weight is 176 g/mol. The lowest BCUT2D eigenvalue weighted by Crippen LogP contribution is -2.22. The van der Waals surface area contributed by atoms with Gasteiger partial charge < -0.3 is 0 Å². The summed E-state index contributed by atoms with van der Waals surface area (Å²) >= 11 is 0. The van der Waals surface area contributed by atoms with Gasteiger partial charge in [-0.15, -0.1) is 0 Å². The van der Waals surface area contributed by atoms with Crippen molar-refractivity contribution < 1.29 is 18.2 Å². The van der Waals surface area contributed by atoms with Gasteiger partial charge in [-0.05, 0) is 19.9 Å². The van der Waals surface area contributed by atoms with Gasteiger partial charge in [-0.2, -0.15) is 13.2 Å². The molecule has 12 heavy (non-hydrogen) atoms. The number of pyridine rings is 1. The van der Waals surface area contributed by atoms with Crippen molar-refractivity contribution in [1.29, 1.82) is 0 Å². The highest BCUT2D eigenvalue weighted by Crippen LogP contribution is 2.27. The second-order valence-electron chi connectivity index (χ2n) is 2.73. The Labute approximate surface area is 68.2 Å². The topological polar surface area (TPSA) is 14.1 Å². The minimum Gasteiger partial charge on any atom is -0.207 e. The molecule has 66 valence electrons. The highest BCUT2D eigenvalue weighted by atomic mass is 19.4. The van der Waals surface area contributed by atoms with Crippen LogP contribution in [0.3, 0.4) is 0 Å². The number of hydrogen-bond acceptors (Lipinski definition) is 0. The molecule has 1 heterocycles. The molecule has 0 aromatic carbocycles. The molecular weight excluding hydrogens is 167 g/mol. The summed E-state index contributed by atoms with van der Waals surface area (Å²) < 4.78 is 36.4. The fraction of sp³-hybridized carbons (Fsp3) is 0.375. The van der Waals surface area contributed by atoms with Crippen molar-refractivity contribution in [2.24, 2.45) is 0 Å². The van der Waals surface area contributed by atoms with Gasteiger partial charge in [0.1, 0.15) is 0 Å². The van der Waals surface area contributed by atoms with E-state index in [0.29, 0.717) is 0 Å². The normalized spacial score (nSPS) is 11.8. The number of aromatic amines is 1. The summed E-state index contributed by atoms with van der Waals surface area (Å²) in [5.41, 5.74) is 0.344. The standard InChI is InChI=1S/C8H8F3N/c1-5-3-6(2)7(12-4-5)8(9,10)11/h3-4H,1-2H3/p+1. The fourth-order valence-corrected chi connectivity index (χ4v) is 1.06. The molecule has 1 N–H and O–H groups in total. The smallest absolute Gasteiger partial charge is 0.207 e. The molecule has 0 fully saturated rings. The molecule has 0 radical (unpaired) electrons. The summed E-state index contributed by atoms with van der Waals surface area (Å²) in [6.07, 6.45) is -2.94. The minimum absolute atomic E-state index is 0.225. The van der Waals surface area contributed by atoms with E-state index in [-0.39, 0.29) is 5.56 Å². The lowest BCUT2D eigenvalue weighted by Gasteiger charge is -2.02. The van der Waals surface area contributed by atoms with Crippen LogP contribution >= 0.6 is 0 Å². The maximum Gasteiger partial charge on any atom is 0.477 e. The molecule has 0 aliphatic rings. The summed E-state index contributed by atoms with van der Waals surface area (Å²) in [6, 6.07) is 1.50. The van der Waals surface area contributed by atoms with E-state index in [1.165, 1.54) is 19.2 Å². The molecule has 1 aromatic heterocycles. The summed E-state index contributed by atoms with van der Waals surface area (Å²) in [7, 11) is 0. The van der Waals surface area contributed by atoms with Crippen LogP contribution in [0, 0.1) is 13.8 Å². The van der Waals surface area contributed by atoms with E-state index >= 15 is 0 Å². The van der Waals surface area contributed by atoms with Crippen LogP contribution in [0.5, 0.6) is 0 Å². The Bertz CT molecular complexity index is 291. The lowest BCUT2D eigenvalue weighted by molar-refractivity contribution is -0.427. The first-order valence-corrected chi connectivity index (χ1v) is 3.47. The van der Waals surface area contributed by atoms with Gasteiger partial charge in [-0.25, -0.2) is 4.98 Å². The van der Waals surface area contributed by atoms with Crippen LogP contribution < -0.4 is 4.98 Å². The maximum absolute atomic E-state index is 12.1. The third-order valence-corrected chi connectivity index (χ3v) is 1.57. The molecule has 1 rings (SSSR count). The number of hydrogen-bond donors (Lipinski definition) is 0. The van der Waals surface area contributed by atoms with E-state index in [0.717, 1.165) is 5.56 Å². The zero-order chi connectivity index (χ0) is 9.35. The zero-order valence-electron chi connectivity index (χ0n) is 6.79. The van der Waals surface area contributed by atoms with E-state index < -0.39 is 11.9 Å². The molecule has 0 spiro atoms. The number of nitrogens with one attached hydrogen (secondary N) is 1. The predicted octanol–water partition coefficient (Wildman–Crippen LogP) is 2.14. The molecule has 0 bridgehead atoms. The van der Waals surface area contributed by atoms with Crippen molar-refractivity contribution in [3.8, 4) is 0 Å². The molecule has 0 amide bonds. The second kappa shape index (κ2) is 2.77. The molecule has 1 nitrogen and oxygen atoms in total. The lowest BCUT2D eigenvalue weighted by atomic mass is 10.1. The molecule has 1 aromatic rings.